The summed E-state index contributed by atoms with van der Waals surface area (Å²) in [5, 5.41) is 5.05. The van der Waals surface area contributed by atoms with E-state index < -0.39 is 0 Å². The zero-order chi connectivity index (χ0) is 21.4. The van der Waals surface area contributed by atoms with Gasteiger partial charge in [-0.15, -0.1) is 0 Å². The largest absolute Gasteiger partial charge is 0.493 e. The molecule has 0 spiro atoms. The first-order valence-corrected chi connectivity index (χ1v) is 12.3. The van der Waals surface area contributed by atoms with Crippen LogP contribution in [0.2, 0.25) is 0 Å². The van der Waals surface area contributed by atoms with E-state index >= 15 is 0 Å². The van der Waals surface area contributed by atoms with E-state index in [-0.39, 0.29) is 5.54 Å². The van der Waals surface area contributed by atoms with Gasteiger partial charge in [0.15, 0.2) is 0 Å². The van der Waals surface area contributed by atoms with Gasteiger partial charge >= 0.3 is 0 Å². The van der Waals surface area contributed by atoms with Gasteiger partial charge in [0, 0.05) is 34.8 Å². The molecule has 0 atom stereocenters. The van der Waals surface area contributed by atoms with Gasteiger partial charge in [-0.05, 0) is 102 Å². The molecule has 0 saturated carbocycles. The van der Waals surface area contributed by atoms with Crippen molar-refractivity contribution in [1.29, 1.82) is 0 Å². The molecule has 4 heteroatoms. The Morgan fingerprint density at radius 2 is 1.97 bits per heavy atom. The average Bonchev–Trinajstić information content (AvgIpc) is 3.38. The molecule has 0 bridgehead atoms. The third-order valence-corrected chi connectivity index (χ3v) is 7.13. The number of pyridine rings is 1. The molecule has 31 heavy (non-hydrogen) atoms. The van der Waals surface area contributed by atoms with Gasteiger partial charge in [-0.1, -0.05) is 6.08 Å². The predicted octanol–water partition coefficient (Wildman–Crippen LogP) is 6.11. The molecule has 3 heterocycles. The number of ether oxygens (including phenoxy) is 1. The number of nitrogens with one attached hydrogen (secondary N) is 1. The quantitative estimate of drug-likeness (QED) is 0.573. The monoisotopic (exact) mass is 419 g/mol. The summed E-state index contributed by atoms with van der Waals surface area (Å²) in [6.07, 6.45) is 12.2. The third kappa shape index (κ3) is 4.32. The van der Waals surface area contributed by atoms with Crippen molar-refractivity contribution in [3.8, 4) is 5.75 Å². The van der Waals surface area contributed by atoms with Crippen LogP contribution in [-0.2, 0) is 6.42 Å². The van der Waals surface area contributed by atoms with Crippen LogP contribution in [0.5, 0.6) is 5.75 Å². The highest BCUT2D eigenvalue weighted by molar-refractivity contribution is 5.98. The number of anilines is 1. The minimum absolute atomic E-state index is 0.0704. The molecule has 0 unspecified atom stereocenters. The predicted molar refractivity (Wildman–Crippen MR) is 130 cm³/mol. The Morgan fingerprint density at radius 3 is 2.74 bits per heavy atom. The summed E-state index contributed by atoms with van der Waals surface area (Å²) < 4.78 is 6.25. The Balaban J connectivity index is 1.44. The smallest absolute Gasteiger partial charge is 0.124 e. The summed E-state index contributed by atoms with van der Waals surface area (Å²) in [5.74, 6) is 0.988. The molecular formula is C27H37N3O. The summed E-state index contributed by atoms with van der Waals surface area (Å²) in [4.78, 5) is 7.79. The van der Waals surface area contributed by atoms with Crippen LogP contribution < -0.4 is 10.1 Å². The second-order valence-corrected chi connectivity index (χ2v) is 10.4. The van der Waals surface area contributed by atoms with Gasteiger partial charge in [0.2, 0.25) is 0 Å². The Hall–Kier alpha value is -2.07. The maximum atomic E-state index is 6.25. The molecule has 5 rings (SSSR count). The number of hydrogen-bond donors (Lipinski definition) is 1. The van der Waals surface area contributed by atoms with E-state index in [9.17, 15) is 0 Å². The molecule has 1 fully saturated rings. The van der Waals surface area contributed by atoms with Gasteiger partial charge < -0.3 is 15.0 Å². The summed E-state index contributed by atoms with van der Waals surface area (Å²) >= 11 is 0. The van der Waals surface area contributed by atoms with E-state index in [0.717, 1.165) is 43.7 Å². The lowest BCUT2D eigenvalue weighted by Gasteiger charge is -2.19. The minimum Gasteiger partial charge on any atom is -0.493 e. The Morgan fingerprint density at radius 1 is 1.13 bits per heavy atom. The van der Waals surface area contributed by atoms with Gasteiger partial charge in [-0.25, -0.2) is 4.98 Å². The number of rotatable bonds is 6. The maximum absolute atomic E-state index is 6.25. The van der Waals surface area contributed by atoms with Gasteiger partial charge in [0.1, 0.15) is 5.75 Å². The molecule has 2 aromatic rings. The first-order chi connectivity index (χ1) is 15.0. The SMILES string of the molecule is Cc1cc2c3c(c(C4=CCCCC4)nc2cc1OCCCN1CCCC1)CC(C)(C)N3. The van der Waals surface area contributed by atoms with Crippen molar-refractivity contribution in [2.45, 2.75) is 77.7 Å². The van der Waals surface area contributed by atoms with Crippen LogP contribution in [0, 0.1) is 6.92 Å². The topological polar surface area (TPSA) is 37.4 Å². The fourth-order valence-corrected chi connectivity index (χ4v) is 5.53. The van der Waals surface area contributed by atoms with Crippen molar-refractivity contribution < 1.29 is 4.74 Å². The number of aryl methyl sites for hydroxylation is 1. The van der Waals surface area contributed by atoms with Crippen molar-refractivity contribution in [2.24, 2.45) is 0 Å². The van der Waals surface area contributed by atoms with E-state index in [0.29, 0.717) is 0 Å². The van der Waals surface area contributed by atoms with Crippen LogP contribution in [0.15, 0.2) is 18.2 Å². The molecule has 1 aromatic carbocycles. The number of aromatic nitrogens is 1. The molecule has 1 aromatic heterocycles. The second kappa shape index (κ2) is 8.46. The van der Waals surface area contributed by atoms with Crippen molar-refractivity contribution in [2.75, 3.05) is 31.6 Å². The van der Waals surface area contributed by atoms with Crippen molar-refractivity contribution in [1.82, 2.24) is 9.88 Å². The molecule has 1 saturated heterocycles. The zero-order valence-corrected chi connectivity index (χ0v) is 19.5. The Bertz CT molecular complexity index is 1000. The number of fused-ring (bicyclic) bond motifs is 3. The second-order valence-electron chi connectivity index (χ2n) is 10.4. The average molecular weight is 420 g/mol. The van der Waals surface area contributed by atoms with Gasteiger partial charge in [-0.3, -0.25) is 0 Å². The van der Waals surface area contributed by atoms with Crippen LogP contribution in [0.25, 0.3) is 16.5 Å². The highest BCUT2D eigenvalue weighted by atomic mass is 16.5. The van der Waals surface area contributed by atoms with E-state index in [4.69, 9.17) is 9.72 Å². The summed E-state index contributed by atoms with van der Waals surface area (Å²) in [5.41, 5.74) is 7.70. The normalized spacial score (nSPS) is 20.5. The molecule has 1 N–H and O–H groups in total. The zero-order valence-electron chi connectivity index (χ0n) is 19.5. The van der Waals surface area contributed by atoms with Crippen molar-refractivity contribution >= 4 is 22.2 Å². The van der Waals surface area contributed by atoms with Crippen LogP contribution in [0.3, 0.4) is 0 Å². The van der Waals surface area contributed by atoms with Crippen LogP contribution >= 0.6 is 0 Å². The molecule has 3 aliphatic rings. The Labute approximate surface area is 187 Å². The minimum atomic E-state index is 0.0704. The molecule has 166 valence electrons. The van der Waals surface area contributed by atoms with Gasteiger partial charge in [0.05, 0.1) is 17.8 Å². The first kappa shape index (κ1) is 20.8. The lowest BCUT2D eigenvalue weighted by atomic mass is 9.90. The molecular weight excluding hydrogens is 382 g/mol. The number of nitrogens with zero attached hydrogens (tertiary/aromatic N) is 2. The van der Waals surface area contributed by atoms with E-state index in [1.54, 1.807) is 0 Å². The number of hydrogen-bond acceptors (Lipinski definition) is 4. The molecule has 4 nitrogen and oxygen atoms in total. The Kier molecular flexibility index (Phi) is 5.68. The number of benzene rings is 1. The summed E-state index contributed by atoms with van der Waals surface area (Å²) in [6, 6.07) is 4.46. The van der Waals surface area contributed by atoms with E-state index in [1.165, 1.54) is 78.7 Å². The molecule has 1 aliphatic carbocycles. The standard InChI is InChI=1S/C27H37N3O/c1-19-16-21-23(17-24(19)31-15-9-14-30-12-7-8-13-30)28-25(20-10-5-4-6-11-20)22-18-27(2,3)29-26(21)22/h10,16-17,29H,4-9,11-15,18H2,1-3H3. The van der Waals surface area contributed by atoms with Gasteiger partial charge in [-0.2, -0.15) is 0 Å². The lowest BCUT2D eigenvalue weighted by molar-refractivity contribution is 0.262. The molecule has 0 radical (unpaired) electrons. The first-order valence-electron chi connectivity index (χ1n) is 12.3. The van der Waals surface area contributed by atoms with Crippen LogP contribution in [0.1, 0.15) is 75.6 Å². The maximum Gasteiger partial charge on any atom is 0.124 e. The highest BCUT2D eigenvalue weighted by Gasteiger charge is 2.33. The molecule has 2 aliphatic heterocycles. The van der Waals surface area contributed by atoms with E-state index in [2.05, 4.69) is 49.2 Å². The lowest BCUT2D eigenvalue weighted by Crippen LogP contribution is -2.27. The summed E-state index contributed by atoms with van der Waals surface area (Å²) in [6.45, 7) is 11.2. The highest BCUT2D eigenvalue weighted by Crippen LogP contribution is 2.43. The van der Waals surface area contributed by atoms with Gasteiger partial charge in [0.25, 0.3) is 0 Å². The summed E-state index contributed by atoms with van der Waals surface area (Å²) in [7, 11) is 0. The van der Waals surface area contributed by atoms with Crippen LogP contribution in [0.4, 0.5) is 5.69 Å². The van der Waals surface area contributed by atoms with E-state index in [1.807, 2.05) is 0 Å². The fourth-order valence-electron chi connectivity index (χ4n) is 5.53. The number of likely N-dealkylation sites (tertiary alicyclic amines) is 1. The van der Waals surface area contributed by atoms with Crippen molar-refractivity contribution in [3.05, 3.63) is 35.0 Å². The molecule has 0 amide bonds. The van der Waals surface area contributed by atoms with Crippen molar-refractivity contribution in [3.63, 3.8) is 0 Å². The van der Waals surface area contributed by atoms with Crippen LogP contribution in [-0.4, -0.2) is 41.7 Å². The fraction of sp³-hybridized carbons (Fsp3) is 0.593. The number of allylic oxidation sites excluding steroid dienone is 2. The third-order valence-electron chi connectivity index (χ3n) is 7.13.